The van der Waals surface area contributed by atoms with E-state index in [4.69, 9.17) is 4.74 Å². The molecule has 0 spiro atoms. The van der Waals surface area contributed by atoms with Gasteiger partial charge in [0.1, 0.15) is 0 Å². The molecule has 1 aromatic rings. The van der Waals surface area contributed by atoms with Crippen molar-refractivity contribution in [2.24, 2.45) is 0 Å². The molecule has 0 saturated heterocycles. The SMILES string of the molecule is CCCCCCCC/C=C/C(=O)C[C@H](NC(=O)OCC)c1ccccc1. The fraction of sp³-hybridized carbons (Fsp3) is 0.545. The van der Waals surface area contributed by atoms with Crippen molar-refractivity contribution in [3.8, 4) is 0 Å². The molecule has 4 heteroatoms. The Balaban J connectivity index is 2.44. The number of carbonyl (C=O) groups excluding carboxylic acids is 2. The Bertz CT molecular complexity index is 540. The normalized spacial score (nSPS) is 12.1. The van der Waals surface area contributed by atoms with Crippen LogP contribution in [-0.2, 0) is 9.53 Å². The number of alkyl carbamates (subject to hydrolysis) is 1. The molecule has 0 bridgehead atoms. The minimum atomic E-state index is -0.495. The molecule has 0 saturated carbocycles. The second kappa shape index (κ2) is 14.1. The topological polar surface area (TPSA) is 55.4 Å². The summed E-state index contributed by atoms with van der Waals surface area (Å²) in [5.74, 6) is 0.0154. The van der Waals surface area contributed by atoms with Gasteiger partial charge in [-0.2, -0.15) is 0 Å². The third-order valence-corrected chi connectivity index (χ3v) is 4.20. The van der Waals surface area contributed by atoms with Crippen molar-refractivity contribution in [2.75, 3.05) is 6.61 Å². The highest BCUT2D eigenvalue weighted by Crippen LogP contribution is 2.17. The number of nitrogens with one attached hydrogen (secondary N) is 1. The largest absolute Gasteiger partial charge is 0.450 e. The standard InChI is InChI=1S/C22H33NO3/c1-3-5-6-7-8-9-10-14-17-20(24)18-21(23-22(25)26-4-2)19-15-12-11-13-16-19/h11-17,21H,3-10,18H2,1-2H3,(H,23,25)/b17-14+/t21-/m0/s1. The van der Waals surface area contributed by atoms with E-state index in [2.05, 4.69) is 12.2 Å². The second-order valence-corrected chi connectivity index (χ2v) is 6.46. The summed E-state index contributed by atoms with van der Waals surface area (Å²) in [6, 6.07) is 9.14. The van der Waals surface area contributed by atoms with Crippen molar-refractivity contribution in [3.05, 3.63) is 48.0 Å². The Morgan fingerprint density at radius 2 is 1.73 bits per heavy atom. The first kappa shape index (κ1) is 21.9. The van der Waals surface area contributed by atoms with E-state index < -0.39 is 6.09 Å². The van der Waals surface area contributed by atoms with Crippen LogP contribution in [0.1, 0.15) is 76.8 Å². The average molecular weight is 360 g/mol. The van der Waals surface area contributed by atoms with Gasteiger partial charge in [0.2, 0.25) is 0 Å². The van der Waals surface area contributed by atoms with E-state index in [-0.39, 0.29) is 18.2 Å². The van der Waals surface area contributed by atoms with E-state index in [0.717, 1.165) is 18.4 Å². The molecule has 0 aliphatic heterocycles. The monoisotopic (exact) mass is 359 g/mol. The van der Waals surface area contributed by atoms with Gasteiger partial charge in [0.25, 0.3) is 0 Å². The molecule has 1 N–H and O–H groups in total. The van der Waals surface area contributed by atoms with E-state index in [0.29, 0.717) is 6.61 Å². The fourth-order valence-corrected chi connectivity index (χ4v) is 2.78. The molecule has 1 atom stereocenters. The van der Waals surface area contributed by atoms with Crippen molar-refractivity contribution in [1.29, 1.82) is 0 Å². The molecule has 1 rings (SSSR count). The number of ketones is 1. The van der Waals surface area contributed by atoms with Crippen LogP contribution >= 0.6 is 0 Å². The molecule has 0 aliphatic rings. The van der Waals surface area contributed by atoms with Gasteiger partial charge in [-0.1, -0.05) is 75.4 Å². The van der Waals surface area contributed by atoms with Gasteiger partial charge in [0.15, 0.2) is 5.78 Å². The Labute approximate surface area is 158 Å². The molecule has 0 heterocycles. The zero-order valence-corrected chi connectivity index (χ0v) is 16.2. The van der Waals surface area contributed by atoms with Crippen LogP contribution in [0.4, 0.5) is 4.79 Å². The summed E-state index contributed by atoms with van der Waals surface area (Å²) >= 11 is 0. The van der Waals surface area contributed by atoms with Gasteiger partial charge < -0.3 is 10.1 Å². The second-order valence-electron chi connectivity index (χ2n) is 6.46. The first-order valence-electron chi connectivity index (χ1n) is 9.85. The van der Waals surface area contributed by atoms with E-state index in [1.165, 1.54) is 32.1 Å². The molecular weight excluding hydrogens is 326 g/mol. The lowest BCUT2D eigenvalue weighted by molar-refractivity contribution is -0.115. The third-order valence-electron chi connectivity index (χ3n) is 4.20. The quantitative estimate of drug-likeness (QED) is 0.361. The third kappa shape index (κ3) is 10.0. The van der Waals surface area contributed by atoms with Crippen LogP contribution in [0.15, 0.2) is 42.5 Å². The highest BCUT2D eigenvalue weighted by atomic mass is 16.5. The predicted molar refractivity (Wildman–Crippen MR) is 106 cm³/mol. The van der Waals surface area contributed by atoms with Gasteiger partial charge in [-0.05, 0) is 31.4 Å². The van der Waals surface area contributed by atoms with E-state index in [9.17, 15) is 9.59 Å². The number of hydrogen-bond donors (Lipinski definition) is 1. The molecule has 0 fully saturated rings. The van der Waals surface area contributed by atoms with E-state index >= 15 is 0 Å². The van der Waals surface area contributed by atoms with Crippen LogP contribution in [0.25, 0.3) is 0 Å². The molecule has 26 heavy (non-hydrogen) atoms. The maximum Gasteiger partial charge on any atom is 0.407 e. The molecule has 0 unspecified atom stereocenters. The van der Waals surface area contributed by atoms with Crippen molar-refractivity contribution in [2.45, 2.75) is 71.3 Å². The summed E-state index contributed by atoms with van der Waals surface area (Å²) in [5.41, 5.74) is 0.901. The first-order valence-corrected chi connectivity index (χ1v) is 9.85. The molecule has 144 valence electrons. The van der Waals surface area contributed by atoms with Gasteiger partial charge in [0, 0.05) is 6.42 Å². The minimum absolute atomic E-state index is 0.0154. The van der Waals surface area contributed by atoms with Crippen LogP contribution in [0, 0.1) is 0 Å². The zero-order valence-electron chi connectivity index (χ0n) is 16.2. The van der Waals surface area contributed by atoms with Crippen LogP contribution in [-0.4, -0.2) is 18.5 Å². The Morgan fingerprint density at radius 3 is 2.42 bits per heavy atom. The highest BCUT2D eigenvalue weighted by Gasteiger charge is 2.17. The number of benzene rings is 1. The molecule has 1 amide bonds. The number of rotatable bonds is 13. The first-order chi connectivity index (χ1) is 12.7. The summed E-state index contributed by atoms with van der Waals surface area (Å²) in [6.45, 7) is 4.28. The summed E-state index contributed by atoms with van der Waals surface area (Å²) in [5, 5.41) is 2.78. The molecular formula is C22H33NO3. The summed E-state index contributed by atoms with van der Waals surface area (Å²) in [4.78, 5) is 24.0. The average Bonchev–Trinajstić information content (AvgIpc) is 2.64. The Morgan fingerprint density at radius 1 is 1.04 bits per heavy atom. The number of carbonyl (C=O) groups is 2. The number of ether oxygens (including phenoxy) is 1. The summed E-state index contributed by atoms with van der Waals surface area (Å²) < 4.78 is 4.95. The van der Waals surface area contributed by atoms with E-state index in [1.807, 2.05) is 36.4 Å². The van der Waals surface area contributed by atoms with E-state index in [1.54, 1.807) is 13.0 Å². The maximum absolute atomic E-state index is 12.3. The molecule has 0 aromatic heterocycles. The summed E-state index contributed by atoms with van der Waals surface area (Å²) in [7, 11) is 0. The highest BCUT2D eigenvalue weighted by molar-refractivity contribution is 5.90. The number of unbranched alkanes of at least 4 members (excludes halogenated alkanes) is 6. The zero-order chi connectivity index (χ0) is 19.0. The van der Waals surface area contributed by atoms with Crippen molar-refractivity contribution in [1.82, 2.24) is 5.32 Å². The lowest BCUT2D eigenvalue weighted by atomic mass is 10.0. The summed E-state index contributed by atoms with van der Waals surface area (Å²) in [6.07, 6.45) is 11.8. The van der Waals surface area contributed by atoms with Crippen LogP contribution in [0.2, 0.25) is 0 Å². The fourth-order valence-electron chi connectivity index (χ4n) is 2.78. The predicted octanol–water partition coefficient (Wildman–Crippen LogP) is 5.74. The van der Waals surface area contributed by atoms with Crippen LogP contribution in [0.3, 0.4) is 0 Å². The van der Waals surface area contributed by atoms with Crippen molar-refractivity contribution >= 4 is 11.9 Å². The van der Waals surface area contributed by atoms with Crippen LogP contribution in [0.5, 0.6) is 0 Å². The minimum Gasteiger partial charge on any atom is -0.450 e. The van der Waals surface area contributed by atoms with Gasteiger partial charge in [-0.15, -0.1) is 0 Å². The van der Waals surface area contributed by atoms with Crippen LogP contribution < -0.4 is 5.32 Å². The Kier molecular flexibility index (Phi) is 11.9. The number of allylic oxidation sites excluding steroid dienone is 2. The van der Waals surface area contributed by atoms with Gasteiger partial charge >= 0.3 is 6.09 Å². The van der Waals surface area contributed by atoms with Crippen molar-refractivity contribution in [3.63, 3.8) is 0 Å². The molecule has 0 aliphatic carbocycles. The number of hydrogen-bond acceptors (Lipinski definition) is 3. The van der Waals surface area contributed by atoms with Crippen molar-refractivity contribution < 1.29 is 14.3 Å². The molecule has 0 radical (unpaired) electrons. The maximum atomic E-state index is 12.3. The Hall–Kier alpha value is -2.10. The van der Waals surface area contributed by atoms with Gasteiger partial charge in [0.05, 0.1) is 12.6 Å². The smallest absolute Gasteiger partial charge is 0.407 e. The van der Waals surface area contributed by atoms with Gasteiger partial charge in [-0.3, -0.25) is 4.79 Å². The van der Waals surface area contributed by atoms with Gasteiger partial charge in [-0.25, -0.2) is 4.79 Å². The molecule has 1 aromatic carbocycles. The lowest BCUT2D eigenvalue weighted by Crippen LogP contribution is -2.30. The number of amides is 1. The lowest BCUT2D eigenvalue weighted by Gasteiger charge is -2.17. The molecule has 4 nitrogen and oxygen atoms in total.